The van der Waals surface area contributed by atoms with Crippen LogP contribution in [-0.2, 0) is 16.8 Å². The van der Waals surface area contributed by atoms with Crippen LogP contribution < -0.4 is 0 Å². The maximum atomic E-state index is 4.00. The summed E-state index contributed by atoms with van der Waals surface area (Å²) < 4.78 is 0. The van der Waals surface area contributed by atoms with E-state index in [9.17, 15) is 0 Å². The van der Waals surface area contributed by atoms with E-state index in [1.54, 1.807) is 0 Å². The molecule has 1 radical (unpaired) electrons. The van der Waals surface area contributed by atoms with Crippen LogP contribution in [0.15, 0.2) is 20.7 Å². The summed E-state index contributed by atoms with van der Waals surface area (Å²) in [6, 6.07) is 0. The molecule has 0 rings (SSSR count). The Balaban J connectivity index is -0.000000333. The molecule has 7 heteroatoms. The second-order valence-electron chi connectivity index (χ2n) is 9.26. The van der Waals surface area contributed by atoms with Gasteiger partial charge in [-0.05, 0) is 22.2 Å². The van der Waals surface area contributed by atoms with Gasteiger partial charge >= 0.3 is 16.8 Å². The van der Waals surface area contributed by atoms with Gasteiger partial charge in [-0.1, -0.05) is 83.1 Å². The monoisotopic (exact) mass is 371 g/mol. The molecule has 0 atom stereocenters. The Bertz CT molecular complexity index is 315. The minimum Gasteiger partial charge on any atom is -0.376 e. The van der Waals surface area contributed by atoms with Gasteiger partial charge < -0.3 is 21.1 Å². The van der Waals surface area contributed by atoms with Crippen molar-refractivity contribution in [3.63, 3.8) is 0 Å². The molecule has 6 nitrogen and oxygen atoms in total. The third kappa shape index (κ3) is 33.9. The van der Waals surface area contributed by atoms with Crippen molar-refractivity contribution >= 4 is 0 Å². The fourth-order valence-corrected chi connectivity index (χ4v) is 0.581. The van der Waals surface area contributed by atoms with E-state index in [0.717, 1.165) is 0 Å². The maximum absolute atomic E-state index is 4.00. The number of hydrogen-bond donors (Lipinski definition) is 0. The summed E-state index contributed by atoms with van der Waals surface area (Å²) in [5, 5.41) is 15.5. The smallest absolute Gasteiger partial charge is 0.376 e. The Kier molecular flexibility index (Phi) is 12.1. The molecule has 139 valence electrons. The van der Waals surface area contributed by atoms with Gasteiger partial charge in [0.25, 0.3) is 0 Å². The summed E-state index contributed by atoms with van der Waals surface area (Å²) in [4.78, 5) is 0. The number of nitrogens with zero attached hydrogens (tertiary/aromatic N) is 6. The molecule has 0 heterocycles. The first-order valence-corrected chi connectivity index (χ1v) is 7.69. The van der Waals surface area contributed by atoms with Crippen molar-refractivity contribution in [2.24, 2.45) is 20.7 Å². The first-order valence-electron chi connectivity index (χ1n) is 7.69. The van der Waals surface area contributed by atoms with Crippen molar-refractivity contribution < 1.29 is 16.8 Å². The standard InChI is InChI=1S/2C8H18N3.Co/c2*1-7(2,3)9-11-10-8(4,5)6;/h2*1-6H3;/q2*-1;+2. The van der Waals surface area contributed by atoms with Crippen LogP contribution in [0, 0.1) is 0 Å². The Labute approximate surface area is 153 Å². The molecule has 0 unspecified atom stereocenters. The van der Waals surface area contributed by atoms with Crippen molar-refractivity contribution in [3.05, 3.63) is 10.9 Å². The number of hydrogen-bond acceptors (Lipinski definition) is 4. The third-order valence-electron chi connectivity index (χ3n) is 1.38. The van der Waals surface area contributed by atoms with E-state index in [1.165, 1.54) is 0 Å². The van der Waals surface area contributed by atoms with E-state index in [4.69, 9.17) is 0 Å². The van der Waals surface area contributed by atoms with Crippen LogP contribution in [0.5, 0.6) is 0 Å². The molecule has 0 aromatic carbocycles. The Morgan fingerprint density at radius 2 is 0.696 bits per heavy atom. The molecular weight excluding hydrogens is 335 g/mol. The van der Waals surface area contributed by atoms with Crippen LogP contribution in [0.2, 0.25) is 0 Å². The van der Waals surface area contributed by atoms with E-state index < -0.39 is 0 Å². The summed E-state index contributed by atoms with van der Waals surface area (Å²) in [5.74, 6) is 0. The summed E-state index contributed by atoms with van der Waals surface area (Å²) in [5.41, 5.74) is 7.54. The molecule has 0 spiro atoms. The molecule has 0 saturated heterocycles. The predicted octanol–water partition coefficient (Wildman–Crippen LogP) is 6.65. The van der Waals surface area contributed by atoms with E-state index >= 15 is 0 Å². The number of rotatable bonds is 2. The molecule has 0 amide bonds. The van der Waals surface area contributed by atoms with Gasteiger partial charge in [0.05, 0.1) is 0 Å². The van der Waals surface area contributed by atoms with Gasteiger partial charge in [-0.2, -0.15) is 0 Å². The molecule has 0 bridgehead atoms. The minimum absolute atomic E-state index is 0. The summed E-state index contributed by atoms with van der Waals surface area (Å²) in [6.07, 6.45) is 0. The Morgan fingerprint density at radius 1 is 0.478 bits per heavy atom. The van der Waals surface area contributed by atoms with E-state index in [1.807, 2.05) is 83.1 Å². The molecule has 0 aliphatic heterocycles. The maximum Gasteiger partial charge on any atom is 2.00 e. The fourth-order valence-electron chi connectivity index (χ4n) is 0.581. The Hall–Kier alpha value is -0.694. The van der Waals surface area contributed by atoms with Gasteiger partial charge in [0.15, 0.2) is 0 Å². The topological polar surface area (TPSA) is 77.6 Å². The van der Waals surface area contributed by atoms with Crippen molar-refractivity contribution in [2.45, 2.75) is 105 Å². The van der Waals surface area contributed by atoms with Crippen LogP contribution in [0.25, 0.3) is 10.9 Å². The van der Waals surface area contributed by atoms with E-state index in [-0.39, 0.29) is 38.9 Å². The average molecular weight is 371 g/mol. The fraction of sp³-hybridized carbons (Fsp3) is 1.00. The van der Waals surface area contributed by atoms with Crippen molar-refractivity contribution in [1.29, 1.82) is 0 Å². The Morgan fingerprint density at radius 3 is 0.826 bits per heavy atom. The zero-order chi connectivity index (χ0) is 18.2. The second kappa shape index (κ2) is 10.2. The second-order valence-corrected chi connectivity index (χ2v) is 9.26. The first-order chi connectivity index (χ1) is 9.41. The van der Waals surface area contributed by atoms with Gasteiger partial charge in [-0.3, -0.25) is 10.4 Å². The average Bonchev–Trinajstić information content (AvgIpc) is 2.08. The van der Waals surface area contributed by atoms with Crippen LogP contribution >= 0.6 is 0 Å². The normalized spacial score (nSPS) is 13.4. The molecule has 0 aliphatic carbocycles. The molecule has 0 aliphatic rings. The zero-order valence-corrected chi connectivity index (χ0v) is 18.1. The SMILES string of the molecule is CC(C)(C)N=N[N-]C(C)(C)C.CC(C)(C)N=N[N-]C(C)(C)C.[Co+2]. The van der Waals surface area contributed by atoms with Crippen LogP contribution in [-0.4, -0.2) is 22.2 Å². The molecule has 0 saturated carbocycles. The van der Waals surface area contributed by atoms with Gasteiger partial charge in [-0.15, -0.1) is 0 Å². The van der Waals surface area contributed by atoms with Crippen molar-refractivity contribution in [2.75, 3.05) is 0 Å². The van der Waals surface area contributed by atoms with Gasteiger partial charge in [0.2, 0.25) is 0 Å². The molecule has 0 aromatic rings. The van der Waals surface area contributed by atoms with Crippen LogP contribution in [0.4, 0.5) is 0 Å². The first kappa shape index (κ1) is 27.2. The van der Waals surface area contributed by atoms with Gasteiger partial charge in [0, 0.05) is 0 Å². The van der Waals surface area contributed by atoms with Crippen molar-refractivity contribution in [1.82, 2.24) is 0 Å². The van der Waals surface area contributed by atoms with E-state index in [0.29, 0.717) is 0 Å². The largest absolute Gasteiger partial charge is 2.00 e. The molecule has 0 aromatic heterocycles. The summed E-state index contributed by atoms with van der Waals surface area (Å²) >= 11 is 0. The zero-order valence-electron chi connectivity index (χ0n) is 17.0. The van der Waals surface area contributed by atoms with E-state index in [2.05, 4.69) is 31.5 Å². The van der Waals surface area contributed by atoms with Gasteiger partial charge in [-0.25, -0.2) is 0 Å². The van der Waals surface area contributed by atoms with Crippen molar-refractivity contribution in [3.8, 4) is 0 Å². The van der Waals surface area contributed by atoms with Crippen LogP contribution in [0.3, 0.4) is 0 Å². The summed E-state index contributed by atoms with van der Waals surface area (Å²) in [6.45, 7) is 23.9. The summed E-state index contributed by atoms with van der Waals surface area (Å²) in [7, 11) is 0. The molecule has 23 heavy (non-hydrogen) atoms. The predicted molar refractivity (Wildman–Crippen MR) is 95.4 cm³/mol. The van der Waals surface area contributed by atoms with Gasteiger partial charge in [0.1, 0.15) is 0 Å². The third-order valence-corrected chi connectivity index (χ3v) is 1.38. The quantitative estimate of drug-likeness (QED) is 0.385. The molecular formula is C16H36CoN6. The molecule has 0 N–H and O–H groups in total. The van der Waals surface area contributed by atoms with Crippen LogP contribution in [0.1, 0.15) is 83.1 Å². The minimum atomic E-state index is -0.116. The molecule has 0 fully saturated rings.